The first-order valence-corrected chi connectivity index (χ1v) is 7.19. The molecule has 2 N–H and O–H groups in total. The molecule has 0 spiro atoms. The van der Waals surface area contributed by atoms with Crippen molar-refractivity contribution < 1.29 is 4.74 Å². The van der Waals surface area contributed by atoms with E-state index >= 15 is 0 Å². The molecule has 3 heteroatoms. The predicted octanol–water partition coefficient (Wildman–Crippen LogP) is 3.10. The summed E-state index contributed by atoms with van der Waals surface area (Å²) in [5.41, 5.74) is 8.44. The van der Waals surface area contributed by atoms with E-state index in [-0.39, 0.29) is 17.7 Å². The second-order valence-electron chi connectivity index (χ2n) is 6.17. The van der Waals surface area contributed by atoms with Gasteiger partial charge in [-0.05, 0) is 44.9 Å². The molecule has 0 radical (unpaired) electrons. The molecule has 1 aromatic carbocycles. The van der Waals surface area contributed by atoms with Crippen molar-refractivity contribution in [1.82, 2.24) is 0 Å². The number of ether oxygens (including phenoxy) is 1. The number of nitrogens with zero attached hydrogens (tertiary/aromatic N) is 1. The summed E-state index contributed by atoms with van der Waals surface area (Å²) in [5.74, 6) is 0. The van der Waals surface area contributed by atoms with Crippen LogP contribution in [-0.4, -0.2) is 24.8 Å². The van der Waals surface area contributed by atoms with Crippen LogP contribution in [0.3, 0.4) is 0 Å². The Morgan fingerprint density at radius 2 is 2.00 bits per heavy atom. The van der Waals surface area contributed by atoms with Gasteiger partial charge in [0.2, 0.25) is 0 Å². The van der Waals surface area contributed by atoms with E-state index in [0.717, 1.165) is 19.5 Å². The first-order chi connectivity index (χ1) is 8.91. The molecule has 19 heavy (non-hydrogen) atoms. The van der Waals surface area contributed by atoms with E-state index in [0.29, 0.717) is 0 Å². The first-order valence-electron chi connectivity index (χ1n) is 7.19. The van der Waals surface area contributed by atoms with Gasteiger partial charge in [0.25, 0.3) is 0 Å². The third-order valence-corrected chi connectivity index (χ3v) is 3.70. The third-order valence-electron chi connectivity index (χ3n) is 3.70. The van der Waals surface area contributed by atoms with E-state index in [2.05, 4.69) is 56.9 Å². The monoisotopic (exact) mass is 262 g/mol. The number of rotatable bonds is 3. The number of anilines is 1. The van der Waals surface area contributed by atoms with E-state index in [9.17, 15) is 0 Å². The summed E-state index contributed by atoms with van der Waals surface area (Å²) in [6.07, 6.45) is 1.24. The SMILES string of the molecule is CC[C@@H](N)c1ccc(N2CC(C)OC(C)(C)C2)cc1. The van der Waals surface area contributed by atoms with E-state index in [1.165, 1.54) is 11.3 Å². The van der Waals surface area contributed by atoms with Crippen LogP contribution in [0.25, 0.3) is 0 Å². The van der Waals surface area contributed by atoms with Crippen LogP contribution in [-0.2, 0) is 4.74 Å². The Labute approximate surface area is 116 Å². The average Bonchev–Trinajstić information content (AvgIpc) is 2.35. The van der Waals surface area contributed by atoms with Crippen LogP contribution in [0.1, 0.15) is 45.7 Å². The highest BCUT2D eigenvalue weighted by Gasteiger charge is 2.31. The fourth-order valence-electron chi connectivity index (χ4n) is 2.82. The Morgan fingerprint density at radius 3 is 2.53 bits per heavy atom. The van der Waals surface area contributed by atoms with Gasteiger partial charge in [0, 0.05) is 24.8 Å². The molecule has 2 atom stereocenters. The quantitative estimate of drug-likeness (QED) is 0.909. The average molecular weight is 262 g/mol. The Kier molecular flexibility index (Phi) is 4.16. The van der Waals surface area contributed by atoms with Crippen molar-refractivity contribution >= 4 is 5.69 Å². The van der Waals surface area contributed by atoms with Crippen LogP contribution in [0.5, 0.6) is 0 Å². The summed E-state index contributed by atoms with van der Waals surface area (Å²) in [6.45, 7) is 10.4. The molecule has 1 aliphatic heterocycles. The molecule has 1 heterocycles. The fraction of sp³-hybridized carbons (Fsp3) is 0.625. The molecule has 0 bridgehead atoms. The van der Waals surface area contributed by atoms with Gasteiger partial charge in [0.15, 0.2) is 0 Å². The summed E-state index contributed by atoms with van der Waals surface area (Å²) in [4.78, 5) is 2.40. The Hall–Kier alpha value is -1.06. The van der Waals surface area contributed by atoms with E-state index in [1.807, 2.05) is 0 Å². The van der Waals surface area contributed by atoms with Crippen molar-refractivity contribution in [3.63, 3.8) is 0 Å². The predicted molar refractivity (Wildman–Crippen MR) is 80.5 cm³/mol. The molecule has 1 aliphatic rings. The number of hydrogen-bond donors (Lipinski definition) is 1. The van der Waals surface area contributed by atoms with Crippen LogP contribution in [0.2, 0.25) is 0 Å². The zero-order chi connectivity index (χ0) is 14.0. The number of hydrogen-bond acceptors (Lipinski definition) is 3. The largest absolute Gasteiger partial charge is 0.369 e. The fourth-order valence-corrected chi connectivity index (χ4v) is 2.82. The molecular weight excluding hydrogens is 236 g/mol. The number of benzene rings is 1. The summed E-state index contributed by atoms with van der Waals surface area (Å²) < 4.78 is 5.94. The van der Waals surface area contributed by atoms with Crippen molar-refractivity contribution in [2.75, 3.05) is 18.0 Å². The van der Waals surface area contributed by atoms with Crippen molar-refractivity contribution in [3.8, 4) is 0 Å². The van der Waals surface area contributed by atoms with Gasteiger partial charge < -0.3 is 15.4 Å². The minimum absolute atomic E-state index is 0.0871. The smallest absolute Gasteiger partial charge is 0.0805 e. The van der Waals surface area contributed by atoms with E-state index < -0.39 is 0 Å². The summed E-state index contributed by atoms with van der Waals surface area (Å²) in [6, 6.07) is 8.81. The molecule has 1 aromatic rings. The molecule has 0 aromatic heterocycles. The number of morpholine rings is 1. The van der Waals surface area contributed by atoms with E-state index in [1.54, 1.807) is 0 Å². The Morgan fingerprint density at radius 1 is 1.37 bits per heavy atom. The minimum Gasteiger partial charge on any atom is -0.369 e. The zero-order valence-corrected chi connectivity index (χ0v) is 12.5. The highest BCUT2D eigenvalue weighted by Crippen LogP contribution is 2.27. The van der Waals surface area contributed by atoms with Gasteiger partial charge in [0.05, 0.1) is 11.7 Å². The summed E-state index contributed by atoms with van der Waals surface area (Å²) in [5, 5.41) is 0. The van der Waals surface area contributed by atoms with Gasteiger partial charge >= 0.3 is 0 Å². The van der Waals surface area contributed by atoms with Crippen molar-refractivity contribution in [2.24, 2.45) is 5.73 Å². The summed E-state index contributed by atoms with van der Waals surface area (Å²) in [7, 11) is 0. The second-order valence-corrected chi connectivity index (χ2v) is 6.17. The Balaban J connectivity index is 2.13. The molecule has 0 saturated carbocycles. The van der Waals surface area contributed by atoms with Crippen LogP contribution in [0, 0.1) is 0 Å². The van der Waals surface area contributed by atoms with Gasteiger partial charge in [0.1, 0.15) is 0 Å². The molecule has 3 nitrogen and oxygen atoms in total. The third kappa shape index (κ3) is 3.48. The van der Waals surface area contributed by atoms with Crippen molar-refractivity contribution in [2.45, 2.75) is 51.9 Å². The highest BCUT2D eigenvalue weighted by atomic mass is 16.5. The van der Waals surface area contributed by atoms with Gasteiger partial charge in [-0.1, -0.05) is 19.1 Å². The second kappa shape index (κ2) is 5.51. The molecule has 2 rings (SSSR count). The molecule has 1 unspecified atom stereocenters. The number of nitrogens with two attached hydrogens (primary N) is 1. The zero-order valence-electron chi connectivity index (χ0n) is 12.5. The molecule has 106 valence electrons. The van der Waals surface area contributed by atoms with E-state index in [4.69, 9.17) is 10.5 Å². The van der Waals surface area contributed by atoms with Crippen LogP contribution < -0.4 is 10.6 Å². The Bertz CT molecular complexity index is 413. The lowest BCUT2D eigenvalue weighted by molar-refractivity contribution is -0.0749. The lowest BCUT2D eigenvalue weighted by atomic mass is 10.0. The van der Waals surface area contributed by atoms with Gasteiger partial charge in [-0.25, -0.2) is 0 Å². The first kappa shape index (κ1) is 14.4. The standard InChI is InChI=1S/C16H26N2O/c1-5-15(17)13-6-8-14(9-7-13)18-10-12(2)19-16(3,4)11-18/h6-9,12,15H,5,10-11,17H2,1-4H3/t12?,15-/m1/s1. The van der Waals surface area contributed by atoms with Gasteiger partial charge in [-0.3, -0.25) is 0 Å². The normalized spacial score (nSPS) is 24.3. The van der Waals surface area contributed by atoms with Gasteiger partial charge in [-0.15, -0.1) is 0 Å². The molecule has 0 amide bonds. The maximum absolute atomic E-state index is 6.05. The highest BCUT2D eigenvalue weighted by molar-refractivity contribution is 5.49. The topological polar surface area (TPSA) is 38.5 Å². The molecular formula is C16H26N2O. The van der Waals surface area contributed by atoms with Crippen molar-refractivity contribution in [3.05, 3.63) is 29.8 Å². The maximum atomic E-state index is 6.05. The molecule has 0 aliphatic carbocycles. The van der Waals surface area contributed by atoms with Crippen LogP contribution in [0.4, 0.5) is 5.69 Å². The summed E-state index contributed by atoms with van der Waals surface area (Å²) >= 11 is 0. The van der Waals surface area contributed by atoms with Crippen LogP contribution in [0.15, 0.2) is 24.3 Å². The molecule has 1 fully saturated rings. The van der Waals surface area contributed by atoms with Crippen molar-refractivity contribution in [1.29, 1.82) is 0 Å². The maximum Gasteiger partial charge on any atom is 0.0805 e. The lowest BCUT2D eigenvalue weighted by Crippen LogP contribution is -2.52. The van der Waals surface area contributed by atoms with Crippen LogP contribution >= 0.6 is 0 Å². The lowest BCUT2D eigenvalue weighted by Gasteiger charge is -2.43. The molecule has 1 saturated heterocycles. The minimum atomic E-state index is -0.0871. The van der Waals surface area contributed by atoms with Gasteiger partial charge in [-0.2, -0.15) is 0 Å².